The standard InChI is InChI=1S/C26H27F3N4O2/c1-17-12-14-33(15-13-17)24-11-10-23(31-32-24)19-6-8-21(9-7-19)30-25(34)18(2)35-22-5-3-4-20(16-22)26(27,28)29/h3-11,16-18H,12-15H2,1-2H3,(H,30,34). The minimum atomic E-state index is -4.48. The highest BCUT2D eigenvalue weighted by atomic mass is 19.4. The fourth-order valence-electron chi connectivity index (χ4n) is 3.86. The Morgan fingerprint density at radius 3 is 2.40 bits per heavy atom. The molecule has 184 valence electrons. The summed E-state index contributed by atoms with van der Waals surface area (Å²) < 4.78 is 44.0. The van der Waals surface area contributed by atoms with E-state index in [1.807, 2.05) is 24.3 Å². The van der Waals surface area contributed by atoms with E-state index in [4.69, 9.17) is 4.74 Å². The fourth-order valence-corrected chi connectivity index (χ4v) is 3.86. The molecule has 0 spiro atoms. The van der Waals surface area contributed by atoms with E-state index in [9.17, 15) is 18.0 Å². The van der Waals surface area contributed by atoms with E-state index in [1.54, 1.807) is 12.1 Å². The van der Waals surface area contributed by atoms with Gasteiger partial charge in [-0.1, -0.05) is 25.1 Å². The molecule has 9 heteroatoms. The predicted molar refractivity (Wildman–Crippen MR) is 128 cm³/mol. The highest BCUT2D eigenvalue weighted by molar-refractivity contribution is 5.94. The maximum Gasteiger partial charge on any atom is 0.416 e. The Morgan fingerprint density at radius 2 is 1.77 bits per heavy atom. The predicted octanol–water partition coefficient (Wildman–Crippen LogP) is 5.80. The number of nitrogens with zero attached hydrogens (tertiary/aromatic N) is 3. The molecule has 1 aliphatic heterocycles. The van der Waals surface area contributed by atoms with Crippen LogP contribution in [0.1, 0.15) is 32.3 Å². The van der Waals surface area contributed by atoms with Crippen LogP contribution in [0, 0.1) is 5.92 Å². The van der Waals surface area contributed by atoms with Gasteiger partial charge in [-0.3, -0.25) is 4.79 Å². The first-order valence-corrected chi connectivity index (χ1v) is 11.5. The molecular formula is C26H27F3N4O2. The Balaban J connectivity index is 1.34. The van der Waals surface area contributed by atoms with Crippen LogP contribution in [0.15, 0.2) is 60.7 Å². The van der Waals surface area contributed by atoms with E-state index in [2.05, 4.69) is 27.3 Å². The molecule has 1 fully saturated rings. The van der Waals surface area contributed by atoms with E-state index in [0.717, 1.165) is 61.1 Å². The molecule has 1 saturated heterocycles. The molecule has 2 heterocycles. The van der Waals surface area contributed by atoms with Gasteiger partial charge in [0, 0.05) is 24.3 Å². The second-order valence-electron chi connectivity index (χ2n) is 8.80. The SMILES string of the molecule is CC1CCN(c2ccc(-c3ccc(NC(=O)C(C)Oc4cccc(C(F)(F)F)c4)cc3)nn2)CC1. The lowest BCUT2D eigenvalue weighted by atomic mass is 9.99. The average Bonchev–Trinajstić information content (AvgIpc) is 2.85. The van der Waals surface area contributed by atoms with Gasteiger partial charge in [0.2, 0.25) is 0 Å². The highest BCUT2D eigenvalue weighted by Crippen LogP contribution is 2.31. The number of hydrogen-bond donors (Lipinski definition) is 1. The number of carbonyl (C=O) groups is 1. The number of ether oxygens (including phenoxy) is 1. The van der Waals surface area contributed by atoms with E-state index < -0.39 is 23.8 Å². The summed E-state index contributed by atoms with van der Waals surface area (Å²) in [6, 6.07) is 15.4. The molecule has 1 unspecified atom stereocenters. The van der Waals surface area contributed by atoms with Crippen molar-refractivity contribution in [3.63, 3.8) is 0 Å². The largest absolute Gasteiger partial charge is 0.481 e. The molecule has 0 saturated carbocycles. The van der Waals surface area contributed by atoms with Crippen LogP contribution >= 0.6 is 0 Å². The fraction of sp³-hybridized carbons (Fsp3) is 0.346. The number of piperidine rings is 1. The first-order chi connectivity index (χ1) is 16.7. The zero-order valence-corrected chi connectivity index (χ0v) is 19.5. The Hall–Kier alpha value is -3.62. The number of benzene rings is 2. The molecule has 1 aromatic heterocycles. The lowest BCUT2D eigenvalue weighted by molar-refractivity contribution is -0.137. The number of anilines is 2. The summed E-state index contributed by atoms with van der Waals surface area (Å²) in [5, 5.41) is 11.4. The highest BCUT2D eigenvalue weighted by Gasteiger charge is 2.31. The Kier molecular flexibility index (Phi) is 7.23. The molecule has 3 aromatic rings. The summed E-state index contributed by atoms with van der Waals surface area (Å²) in [5.74, 6) is 1.11. The third-order valence-electron chi connectivity index (χ3n) is 6.05. The van der Waals surface area contributed by atoms with Gasteiger partial charge in [0.1, 0.15) is 5.75 Å². The van der Waals surface area contributed by atoms with Crippen molar-refractivity contribution in [3.8, 4) is 17.0 Å². The van der Waals surface area contributed by atoms with Crippen molar-refractivity contribution in [1.82, 2.24) is 10.2 Å². The zero-order chi connectivity index (χ0) is 25.0. The molecule has 1 amide bonds. The van der Waals surface area contributed by atoms with Gasteiger partial charge in [-0.25, -0.2) is 0 Å². The molecule has 4 rings (SSSR count). The van der Waals surface area contributed by atoms with Gasteiger partial charge in [0.05, 0.1) is 11.3 Å². The van der Waals surface area contributed by atoms with Gasteiger partial charge >= 0.3 is 6.18 Å². The van der Waals surface area contributed by atoms with Crippen LogP contribution < -0.4 is 15.0 Å². The molecule has 1 atom stereocenters. The van der Waals surface area contributed by atoms with Crippen LogP contribution in [0.25, 0.3) is 11.3 Å². The summed E-state index contributed by atoms with van der Waals surface area (Å²) >= 11 is 0. The number of nitrogens with one attached hydrogen (secondary N) is 1. The van der Waals surface area contributed by atoms with Crippen LogP contribution in [-0.2, 0) is 11.0 Å². The average molecular weight is 485 g/mol. The molecule has 1 aliphatic rings. The lowest BCUT2D eigenvalue weighted by Gasteiger charge is -2.30. The quantitative estimate of drug-likeness (QED) is 0.479. The van der Waals surface area contributed by atoms with E-state index in [1.165, 1.54) is 19.1 Å². The van der Waals surface area contributed by atoms with Crippen molar-refractivity contribution in [2.75, 3.05) is 23.3 Å². The molecule has 0 radical (unpaired) electrons. The van der Waals surface area contributed by atoms with Crippen LogP contribution in [0.3, 0.4) is 0 Å². The zero-order valence-electron chi connectivity index (χ0n) is 19.5. The first-order valence-electron chi connectivity index (χ1n) is 11.5. The summed E-state index contributed by atoms with van der Waals surface area (Å²) in [4.78, 5) is 14.7. The number of carbonyl (C=O) groups excluding carboxylic acids is 1. The van der Waals surface area contributed by atoms with E-state index in [-0.39, 0.29) is 5.75 Å². The number of halogens is 3. The summed E-state index contributed by atoms with van der Waals surface area (Å²) in [5.41, 5.74) is 1.27. The van der Waals surface area contributed by atoms with Crippen molar-refractivity contribution >= 4 is 17.4 Å². The van der Waals surface area contributed by atoms with Crippen LogP contribution in [-0.4, -0.2) is 35.3 Å². The van der Waals surface area contributed by atoms with Crippen LogP contribution in [0.4, 0.5) is 24.7 Å². The normalized spacial score (nSPS) is 15.5. The maximum absolute atomic E-state index is 12.9. The number of rotatable bonds is 6. The van der Waals surface area contributed by atoms with Crippen LogP contribution in [0.2, 0.25) is 0 Å². The van der Waals surface area contributed by atoms with Gasteiger partial charge in [0.25, 0.3) is 5.91 Å². The molecule has 6 nitrogen and oxygen atoms in total. The van der Waals surface area contributed by atoms with Crippen molar-refractivity contribution < 1.29 is 22.7 Å². The van der Waals surface area contributed by atoms with Crippen LogP contribution in [0.5, 0.6) is 5.75 Å². The minimum absolute atomic E-state index is 0.0288. The first kappa shape index (κ1) is 24.5. The van der Waals surface area contributed by atoms with Gasteiger partial charge in [0.15, 0.2) is 11.9 Å². The summed E-state index contributed by atoms with van der Waals surface area (Å²) in [6.45, 7) is 5.71. The molecule has 0 bridgehead atoms. The molecular weight excluding hydrogens is 457 g/mol. The lowest BCUT2D eigenvalue weighted by Crippen LogP contribution is -2.33. The van der Waals surface area contributed by atoms with Crippen molar-refractivity contribution in [1.29, 1.82) is 0 Å². The van der Waals surface area contributed by atoms with Crippen molar-refractivity contribution in [2.45, 2.75) is 39.0 Å². The van der Waals surface area contributed by atoms with E-state index in [0.29, 0.717) is 5.69 Å². The maximum atomic E-state index is 12.9. The Morgan fingerprint density at radius 1 is 1.06 bits per heavy atom. The summed E-state index contributed by atoms with van der Waals surface area (Å²) in [7, 11) is 0. The molecule has 2 aromatic carbocycles. The second kappa shape index (κ2) is 10.3. The smallest absolute Gasteiger partial charge is 0.416 e. The monoisotopic (exact) mass is 484 g/mol. The van der Waals surface area contributed by atoms with E-state index >= 15 is 0 Å². The molecule has 1 N–H and O–H groups in total. The topological polar surface area (TPSA) is 67.4 Å². The minimum Gasteiger partial charge on any atom is -0.481 e. The van der Waals surface area contributed by atoms with Crippen molar-refractivity contribution in [2.24, 2.45) is 5.92 Å². The molecule has 0 aliphatic carbocycles. The Bertz CT molecular complexity index is 1140. The Labute approximate surface area is 202 Å². The van der Waals surface area contributed by atoms with Gasteiger partial charge in [-0.2, -0.15) is 13.2 Å². The number of alkyl halides is 3. The summed E-state index contributed by atoms with van der Waals surface area (Å²) in [6.07, 6.45) is -3.17. The van der Waals surface area contributed by atoms with Gasteiger partial charge in [-0.05, 0) is 68.1 Å². The molecule has 35 heavy (non-hydrogen) atoms. The van der Waals surface area contributed by atoms with Gasteiger partial charge in [-0.15, -0.1) is 10.2 Å². The second-order valence-corrected chi connectivity index (χ2v) is 8.80. The third kappa shape index (κ3) is 6.29. The van der Waals surface area contributed by atoms with Gasteiger partial charge < -0.3 is 15.0 Å². The number of amides is 1. The third-order valence-corrected chi connectivity index (χ3v) is 6.05. The number of aromatic nitrogens is 2. The van der Waals surface area contributed by atoms with Crippen molar-refractivity contribution in [3.05, 3.63) is 66.2 Å². The number of hydrogen-bond acceptors (Lipinski definition) is 5.